The lowest BCUT2D eigenvalue weighted by Gasteiger charge is -2.00. The summed E-state index contributed by atoms with van der Waals surface area (Å²) in [6.45, 7) is 0. The molecule has 3 nitrogen and oxygen atoms in total. The zero-order chi connectivity index (χ0) is 4.99. The van der Waals surface area contributed by atoms with Crippen molar-refractivity contribution in [3.8, 4) is 0 Å². The lowest BCUT2D eigenvalue weighted by atomic mass is 11.6. The normalized spacial score (nSPS) is 14.5. The quantitative estimate of drug-likeness (QED) is 0.493. The van der Waals surface area contributed by atoms with Crippen LogP contribution in [0.15, 0.2) is 0 Å². The molecule has 0 radical (unpaired) electrons. The van der Waals surface area contributed by atoms with Gasteiger partial charge in [-0.3, -0.25) is 5.09 Å². The van der Waals surface area contributed by atoms with Crippen LogP contribution in [-0.2, 0) is 4.52 Å². The van der Waals surface area contributed by atoms with E-state index in [2.05, 4.69) is 9.61 Å². The highest BCUT2D eigenvalue weighted by Gasteiger charge is 1.90. The molecule has 0 fully saturated rings. The van der Waals surface area contributed by atoms with Crippen LogP contribution in [0.4, 0.5) is 0 Å². The third kappa shape index (κ3) is 2.54. The van der Waals surface area contributed by atoms with Crippen molar-refractivity contribution in [1.29, 1.82) is 0 Å². The Kier molecular flexibility index (Phi) is 3.68. The minimum absolute atomic E-state index is 1.33. The van der Waals surface area contributed by atoms with Gasteiger partial charge >= 0.3 is 0 Å². The highest BCUT2D eigenvalue weighted by molar-refractivity contribution is 7.43. The van der Waals surface area contributed by atoms with Crippen LogP contribution in [0.1, 0.15) is 0 Å². The summed E-state index contributed by atoms with van der Waals surface area (Å²) in [5.74, 6) is 0. The van der Waals surface area contributed by atoms with E-state index in [-0.39, 0.29) is 0 Å². The Morgan fingerprint density at radius 1 is 1.83 bits per heavy atom. The third-order valence-electron chi connectivity index (χ3n) is 0.364. The molecule has 0 heterocycles. The molecule has 0 aromatic carbocycles. The molecule has 0 spiro atoms. The number of nitrogens with one attached hydrogen (secondary N) is 1. The van der Waals surface area contributed by atoms with Gasteiger partial charge in [-0.25, -0.2) is 0 Å². The molecule has 0 saturated carbocycles. The highest BCUT2D eigenvalue weighted by Crippen LogP contribution is 2.20. The zero-order valence-corrected chi connectivity index (χ0v) is 4.70. The van der Waals surface area contributed by atoms with Gasteiger partial charge in [-0.1, -0.05) is 0 Å². The highest BCUT2D eigenvalue weighted by atomic mass is 31.2. The van der Waals surface area contributed by atoms with Crippen molar-refractivity contribution >= 4 is 8.53 Å². The van der Waals surface area contributed by atoms with Crippen molar-refractivity contribution in [3.63, 3.8) is 0 Å². The van der Waals surface area contributed by atoms with Gasteiger partial charge in [0.05, 0.1) is 0 Å². The Morgan fingerprint density at radius 2 is 2.33 bits per heavy atom. The van der Waals surface area contributed by atoms with Crippen LogP contribution >= 0.6 is 8.53 Å². The first-order valence-electron chi connectivity index (χ1n) is 1.51. The Bertz CT molecular complexity index is 30.7. The molecule has 0 aromatic rings. The van der Waals surface area contributed by atoms with E-state index in [1.807, 2.05) is 0 Å². The van der Waals surface area contributed by atoms with Gasteiger partial charge in [0.25, 0.3) is 8.53 Å². The van der Waals surface area contributed by atoms with Crippen LogP contribution < -0.4 is 5.09 Å². The number of rotatable bonds is 2. The van der Waals surface area contributed by atoms with Crippen LogP contribution in [0.2, 0.25) is 0 Å². The molecule has 4 heteroatoms. The second kappa shape index (κ2) is 3.50. The van der Waals surface area contributed by atoms with Crippen molar-refractivity contribution in [1.82, 2.24) is 5.09 Å². The third-order valence-corrected chi connectivity index (χ3v) is 1.09. The van der Waals surface area contributed by atoms with E-state index in [4.69, 9.17) is 4.89 Å². The molecule has 0 aliphatic heterocycles. The van der Waals surface area contributed by atoms with Gasteiger partial charge in [-0.15, -0.1) is 0 Å². The first-order chi connectivity index (χ1) is 2.81. The number of hydrogen-bond acceptors (Lipinski definition) is 3. The first kappa shape index (κ1) is 6.31. The van der Waals surface area contributed by atoms with Crippen LogP contribution in [0.3, 0.4) is 0 Å². The van der Waals surface area contributed by atoms with Crippen LogP contribution in [0, 0.1) is 0 Å². The van der Waals surface area contributed by atoms with Crippen LogP contribution in [-0.4, -0.2) is 19.1 Å². The maximum absolute atomic E-state index is 8.40. The Labute approximate surface area is 38.3 Å². The Balaban J connectivity index is 2.75. The van der Waals surface area contributed by atoms with E-state index in [1.54, 1.807) is 7.05 Å². The van der Waals surface area contributed by atoms with E-state index >= 15 is 0 Å². The summed E-state index contributed by atoms with van der Waals surface area (Å²) in [4.78, 5) is 8.40. The average molecular weight is 109 g/mol. The van der Waals surface area contributed by atoms with Crippen LogP contribution in [0.25, 0.3) is 0 Å². The minimum Gasteiger partial charge on any atom is -0.338 e. The van der Waals surface area contributed by atoms with Crippen molar-refractivity contribution in [3.05, 3.63) is 0 Å². The molecule has 0 aliphatic carbocycles. The molecule has 0 amide bonds. The van der Waals surface area contributed by atoms with Crippen molar-refractivity contribution < 1.29 is 9.42 Å². The topological polar surface area (TPSA) is 41.5 Å². The molecule has 0 rings (SSSR count). The minimum atomic E-state index is -1.33. The second-order valence-electron chi connectivity index (χ2n) is 0.679. The van der Waals surface area contributed by atoms with E-state index in [0.717, 1.165) is 0 Å². The van der Waals surface area contributed by atoms with Gasteiger partial charge in [-0.2, -0.15) is 0 Å². The van der Waals surface area contributed by atoms with E-state index in [0.29, 0.717) is 0 Å². The maximum Gasteiger partial charge on any atom is 0.252 e. The fourth-order valence-electron chi connectivity index (χ4n) is 0.0913. The molecule has 0 aromatic heterocycles. The van der Waals surface area contributed by atoms with E-state index in [1.165, 1.54) is 7.11 Å². The molecule has 1 atom stereocenters. The monoisotopic (exact) mass is 109 g/mol. The number of hydrogen-bond donors (Lipinski definition) is 2. The van der Waals surface area contributed by atoms with Gasteiger partial charge in [0, 0.05) is 7.11 Å². The smallest absolute Gasteiger partial charge is 0.252 e. The predicted molar refractivity (Wildman–Crippen MR) is 25.2 cm³/mol. The van der Waals surface area contributed by atoms with Crippen molar-refractivity contribution in [2.24, 2.45) is 0 Å². The molecule has 0 bridgehead atoms. The Morgan fingerprint density at radius 3 is 2.33 bits per heavy atom. The standard InChI is InChI=1S/C2H8NO2P/c1-3-6(4)5-2/h3-4H,1-2H3. The lowest BCUT2D eigenvalue weighted by Crippen LogP contribution is -1.96. The van der Waals surface area contributed by atoms with Gasteiger partial charge in [0.1, 0.15) is 0 Å². The summed E-state index contributed by atoms with van der Waals surface area (Å²) in [7, 11) is 1.75. The summed E-state index contributed by atoms with van der Waals surface area (Å²) >= 11 is 0. The van der Waals surface area contributed by atoms with Crippen LogP contribution in [0.5, 0.6) is 0 Å². The van der Waals surface area contributed by atoms with Crippen molar-refractivity contribution in [2.45, 2.75) is 0 Å². The molecule has 38 valence electrons. The first-order valence-corrected chi connectivity index (χ1v) is 2.73. The second-order valence-corrected chi connectivity index (χ2v) is 2.04. The molecular formula is C2H8NO2P. The fourth-order valence-corrected chi connectivity index (χ4v) is 0.274. The molecule has 1 unspecified atom stereocenters. The zero-order valence-electron chi connectivity index (χ0n) is 3.80. The summed E-state index contributed by atoms with van der Waals surface area (Å²) in [6, 6.07) is 0. The lowest BCUT2D eigenvalue weighted by molar-refractivity contribution is 0.382. The average Bonchev–Trinajstić information content (AvgIpc) is 1.65. The fraction of sp³-hybridized carbons (Fsp3) is 1.00. The molecule has 0 saturated heterocycles. The molecule has 2 N–H and O–H groups in total. The SMILES string of the molecule is CNP(O)OC. The summed E-state index contributed by atoms with van der Waals surface area (Å²) in [5.41, 5.74) is 0. The molecular weight excluding hydrogens is 101 g/mol. The summed E-state index contributed by atoms with van der Waals surface area (Å²) in [6.07, 6.45) is 0. The Hall–Kier alpha value is 0.310. The summed E-state index contributed by atoms with van der Waals surface area (Å²) in [5, 5.41) is 2.51. The van der Waals surface area contributed by atoms with E-state index < -0.39 is 8.53 Å². The predicted octanol–water partition coefficient (Wildman–Crippen LogP) is 0.0714. The van der Waals surface area contributed by atoms with Gasteiger partial charge in [0.15, 0.2) is 0 Å². The van der Waals surface area contributed by atoms with Gasteiger partial charge in [-0.05, 0) is 7.05 Å². The molecule has 0 aliphatic rings. The van der Waals surface area contributed by atoms with Crippen molar-refractivity contribution in [2.75, 3.05) is 14.2 Å². The molecule has 6 heavy (non-hydrogen) atoms. The maximum atomic E-state index is 8.40. The summed E-state index contributed by atoms with van der Waals surface area (Å²) < 4.78 is 4.41. The van der Waals surface area contributed by atoms with E-state index in [9.17, 15) is 0 Å². The largest absolute Gasteiger partial charge is 0.338 e. The van der Waals surface area contributed by atoms with Gasteiger partial charge < -0.3 is 9.42 Å². The van der Waals surface area contributed by atoms with Gasteiger partial charge in [0.2, 0.25) is 0 Å².